The molecule has 1 saturated heterocycles. The van der Waals surface area contributed by atoms with Gasteiger partial charge in [-0.05, 0) is 36.8 Å². The van der Waals surface area contributed by atoms with Gasteiger partial charge in [0.2, 0.25) is 0 Å². The van der Waals surface area contributed by atoms with Crippen LogP contribution in [0.15, 0.2) is 66.9 Å². The number of carbonyl (C=O) groups is 1. The summed E-state index contributed by atoms with van der Waals surface area (Å²) in [6.07, 6.45) is 2.32. The van der Waals surface area contributed by atoms with E-state index in [4.69, 9.17) is 9.84 Å². The number of amides is 1. The van der Waals surface area contributed by atoms with Gasteiger partial charge in [-0.15, -0.1) is 0 Å². The van der Waals surface area contributed by atoms with E-state index in [1.54, 1.807) is 4.90 Å². The summed E-state index contributed by atoms with van der Waals surface area (Å²) in [5, 5.41) is 16.6. The number of hydrogen-bond donors (Lipinski definition) is 0. The number of likely N-dealkylation sites (tertiary alicyclic amines) is 1. The number of carbonyl (C=O) groups excluding carboxylic acids is 1. The van der Waals surface area contributed by atoms with Gasteiger partial charge in [0.15, 0.2) is 0 Å². The lowest BCUT2D eigenvalue weighted by molar-refractivity contribution is -0.384. The van der Waals surface area contributed by atoms with E-state index in [0.717, 1.165) is 40.8 Å². The monoisotopic (exact) mass is 441 g/mol. The molecule has 33 heavy (non-hydrogen) atoms. The van der Waals surface area contributed by atoms with Crippen LogP contribution < -0.4 is 4.74 Å². The fourth-order valence-corrected chi connectivity index (χ4v) is 4.75. The molecule has 0 atom stereocenters. The quantitative estimate of drug-likeness (QED) is 0.349. The SMILES string of the molecule is O=C(Oc1ccc([N+](=O)[O-])cc1)N1CC2(CCn3nc(-c4cnc5ccccc5c4)cc32)C1. The number of nitrogens with zero attached hydrogens (tertiary/aromatic N) is 5. The smallest absolute Gasteiger partial charge is 0.410 e. The fourth-order valence-electron chi connectivity index (χ4n) is 4.75. The van der Waals surface area contributed by atoms with Crippen LogP contribution >= 0.6 is 0 Å². The second-order valence-corrected chi connectivity index (χ2v) is 8.56. The molecule has 2 aliphatic rings. The normalized spacial score (nSPS) is 15.9. The van der Waals surface area contributed by atoms with Crippen LogP contribution in [0.25, 0.3) is 22.2 Å². The zero-order valence-corrected chi connectivity index (χ0v) is 17.5. The molecule has 6 rings (SSSR count). The summed E-state index contributed by atoms with van der Waals surface area (Å²) in [4.78, 5) is 29.0. The summed E-state index contributed by atoms with van der Waals surface area (Å²) in [6.45, 7) is 1.92. The first-order chi connectivity index (χ1) is 16.0. The van der Waals surface area contributed by atoms with Crippen molar-refractivity contribution in [3.63, 3.8) is 0 Å². The van der Waals surface area contributed by atoms with Gasteiger partial charge in [0.05, 0.1) is 16.1 Å². The van der Waals surface area contributed by atoms with Gasteiger partial charge in [-0.3, -0.25) is 19.8 Å². The molecule has 164 valence electrons. The number of nitro benzene ring substituents is 1. The van der Waals surface area contributed by atoms with Crippen LogP contribution in [0.1, 0.15) is 12.1 Å². The van der Waals surface area contributed by atoms with Crippen molar-refractivity contribution < 1.29 is 14.5 Å². The first-order valence-electron chi connectivity index (χ1n) is 10.7. The first-order valence-corrected chi connectivity index (χ1v) is 10.7. The molecule has 9 nitrogen and oxygen atoms in total. The van der Waals surface area contributed by atoms with Crippen LogP contribution in [0.4, 0.5) is 10.5 Å². The fraction of sp³-hybridized carbons (Fsp3) is 0.208. The lowest BCUT2D eigenvalue weighted by Crippen LogP contribution is -2.60. The average Bonchev–Trinajstić information content (AvgIpc) is 3.37. The Kier molecular flexibility index (Phi) is 4.19. The highest BCUT2D eigenvalue weighted by atomic mass is 16.6. The summed E-state index contributed by atoms with van der Waals surface area (Å²) < 4.78 is 7.42. The zero-order chi connectivity index (χ0) is 22.6. The third-order valence-electron chi connectivity index (χ3n) is 6.51. The average molecular weight is 441 g/mol. The van der Waals surface area contributed by atoms with E-state index < -0.39 is 11.0 Å². The Hall–Kier alpha value is -4.27. The standard InChI is InChI=1S/C24H19N5O4/c30-23(33-19-7-5-18(6-8-19)29(31)32)27-14-24(15-27)9-10-28-22(24)12-21(26-28)17-11-16-3-1-2-4-20(16)25-13-17/h1-8,11-13H,9-10,14-15H2. The summed E-state index contributed by atoms with van der Waals surface area (Å²) in [6, 6.07) is 17.7. The topological polar surface area (TPSA) is 103 Å². The van der Waals surface area contributed by atoms with Gasteiger partial charge in [0.25, 0.3) is 5.69 Å². The number of aromatic nitrogens is 3. The Morgan fingerprint density at radius 2 is 1.88 bits per heavy atom. The number of benzene rings is 2. The number of rotatable bonds is 3. The molecule has 0 saturated carbocycles. The van der Waals surface area contributed by atoms with E-state index in [0.29, 0.717) is 13.1 Å². The molecular weight excluding hydrogens is 422 g/mol. The van der Waals surface area contributed by atoms with Gasteiger partial charge in [0.1, 0.15) is 5.75 Å². The number of nitro groups is 1. The van der Waals surface area contributed by atoms with Crippen LogP contribution in [-0.4, -0.2) is 43.8 Å². The van der Waals surface area contributed by atoms with Gasteiger partial charge in [-0.25, -0.2) is 4.79 Å². The van der Waals surface area contributed by atoms with Crippen molar-refractivity contribution in [2.45, 2.75) is 18.4 Å². The van der Waals surface area contributed by atoms with Crippen LogP contribution in [0.3, 0.4) is 0 Å². The largest absolute Gasteiger partial charge is 0.415 e. The highest BCUT2D eigenvalue weighted by Crippen LogP contribution is 2.44. The molecule has 0 unspecified atom stereocenters. The van der Waals surface area contributed by atoms with Gasteiger partial charge in [0, 0.05) is 60.0 Å². The Bertz CT molecular complexity index is 1410. The summed E-state index contributed by atoms with van der Waals surface area (Å²) in [7, 11) is 0. The maximum atomic E-state index is 12.6. The molecule has 2 aromatic carbocycles. The molecule has 2 aromatic heterocycles. The number of aryl methyl sites for hydroxylation is 1. The molecular formula is C24H19N5O4. The Morgan fingerprint density at radius 3 is 2.67 bits per heavy atom. The molecule has 0 N–H and O–H groups in total. The summed E-state index contributed by atoms with van der Waals surface area (Å²) >= 11 is 0. The Labute approximate surface area is 188 Å². The molecule has 4 heterocycles. The highest BCUT2D eigenvalue weighted by Gasteiger charge is 2.52. The first kappa shape index (κ1) is 19.4. The van der Waals surface area contributed by atoms with E-state index in [9.17, 15) is 14.9 Å². The van der Waals surface area contributed by atoms with Gasteiger partial charge in [-0.1, -0.05) is 18.2 Å². The van der Waals surface area contributed by atoms with Crippen molar-refractivity contribution in [1.29, 1.82) is 0 Å². The number of ether oxygens (including phenoxy) is 1. The predicted molar refractivity (Wildman–Crippen MR) is 120 cm³/mol. The van der Waals surface area contributed by atoms with Crippen LogP contribution in [-0.2, 0) is 12.0 Å². The van der Waals surface area contributed by atoms with E-state index in [1.807, 2.05) is 35.1 Å². The number of para-hydroxylation sites is 1. The minimum absolute atomic E-state index is 0.0469. The number of fused-ring (bicyclic) bond motifs is 3. The third kappa shape index (κ3) is 3.20. The number of non-ortho nitro benzene ring substituents is 1. The highest BCUT2D eigenvalue weighted by molar-refractivity contribution is 5.83. The minimum Gasteiger partial charge on any atom is -0.410 e. The van der Waals surface area contributed by atoms with Gasteiger partial charge < -0.3 is 9.64 Å². The van der Waals surface area contributed by atoms with E-state index in [2.05, 4.69) is 17.1 Å². The number of hydrogen-bond acceptors (Lipinski definition) is 6. The molecule has 0 bridgehead atoms. The zero-order valence-electron chi connectivity index (χ0n) is 17.5. The van der Waals surface area contributed by atoms with Gasteiger partial charge in [-0.2, -0.15) is 5.10 Å². The maximum absolute atomic E-state index is 12.6. The Balaban J connectivity index is 1.17. The van der Waals surface area contributed by atoms with Gasteiger partial charge >= 0.3 is 6.09 Å². The minimum atomic E-state index is -0.490. The lowest BCUT2D eigenvalue weighted by Gasteiger charge is -2.46. The molecule has 1 fully saturated rings. The van der Waals surface area contributed by atoms with Crippen molar-refractivity contribution in [3.05, 3.63) is 82.7 Å². The molecule has 0 radical (unpaired) electrons. The van der Waals surface area contributed by atoms with Crippen molar-refractivity contribution in [3.8, 4) is 17.0 Å². The van der Waals surface area contributed by atoms with Crippen molar-refractivity contribution in [2.75, 3.05) is 13.1 Å². The molecule has 0 aliphatic carbocycles. The van der Waals surface area contributed by atoms with Crippen molar-refractivity contribution in [2.24, 2.45) is 0 Å². The van der Waals surface area contributed by atoms with Crippen LogP contribution in [0, 0.1) is 10.1 Å². The summed E-state index contributed by atoms with van der Waals surface area (Å²) in [5.74, 6) is 0.286. The second-order valence-electron chi connectivity index (χ2n) is 8.56. The number of pyridine rings is 1. The van der Waals surface area contributed by atoms with Crippen LogP contribution in [0.2, 0.25) is 0 Å². The van der Waals surface area contributed by atoms with E-state index in [1.165, 1.54) is 24.3 Å². The molecule has 1 spiro atoms. The molecule has 1 amide bonds. The lowest BCUT2D eigenvalue weighted by atomic mass is 9.76. The second kappa shape index (κ2) is 7.13. The Morgan fingerprint density at radius 1 is 1.09 bits per heavy atom. The van der Waals surface area contributed by atoms with E-state index >= 15 is 0 Å². The maximum Gasteiger partial charge on any atom is 0.415 e. The van der Waals surface area contributed by atoms with Crippen molar-refractivity contribution >= 4 is 22.7 Å². The van der Waals surface area contributed by atoms with E-state index in [-0.39, 0.29) is 16.9 Å². The third-order valence-corrected chi connectivity index (χ3v) is 6.51. The summed E-state index contributed by atoms with van der Waals surface area (Å²) in [5.41, 5.74) is 3.77. The predicted octanol–water partition coefficient (Wildman–Crippen LogP) is 4.16. The van der Waals surface area contributed by atoms with Crippen LogP contribution in [0.5, 0.6) is 5.75 Å². The molecule has 2 aliphatic heterocycles. The molecule has 9 heteroatoms. The molecule has 4 aromatic rings. The van der Waals surface area contributed by atoms with Crippen molar-refractivity contribution in [1.82, 2.24) is 19.7 Å².